The number of amides is 1. The summed E-state index contributed by atoms with van der Waals surface area (Å²) < 4.78 is 41.9. The van der Waals surface area contributed by atoms with Crippen LogP contribution in [0.25, 0.3) is 0 Å². The molecule has 36 heavy (non-hydrogen) atoms. The molecule has 0 aliphatic carbocycles. The smallest absolute Gasteiger partial charge is 0.274 e. The summed E-state index contributed by atoms with van der Waals surface area (Å²) in [4.78, 5) is 13.8. The van der Waals surface area contributed by atoms with Gasteiger partial charge in [-0.05, 0) is 30.3 Å². The summed E-state index contributed by atoms with van der Waals surface area (Å²) >= 11 is 0. The first kappa shape index (κ1) is 24.8. The van der Waals surface area contributed by atoms with E-state index in [2.05, 4.69) is 5.10 Å². The molecule has 0 spiro atoms. The van der Waals surface area contributed by atoms with Gasteiger partial charge in [-0.15, -0.1) is 0 Å². The quantitative estimate of drug-likeness (QED) is 0.445. The van der Waals surface area contributed by atoms with Crippen LogP contribution in [0.15, 0.2) is 59.7 Å². The Morgan fingerprint density at radius 2 is 1.53 bits per heavy atom. The van der Waals surface area contributed by atoms with Gasteiger partial charge in [-0.2, -0.15) is 5.10 Å². The van der Waals surface area contributed by atoms with Crippen LogP contribution in [0, 0.1) is 5.82 Å². The molecule has 9 heteroatoms. The van der Waals surface area contributed by atoms with Gasteiger partial charge in [-0.1, -0.05) is 18.2 Å². The number of methoxy groups -OCH3 is 5. The van der Waals surface area contributed by atoms with Gasteiger partial charge in [0.2, 0.25) is 5.75 Å². The standard InChI is InChI=1S/C27H27FN2O6/c1-32-17-10-11-19(23(14-17)33-2)21-15-22(18-8-6-7-9-20(18)28)30(29-21)27(31)16-12-24(34-3)26(36-5)25(13-16)35-4/h6-14,22H,15H2,1-5H3/t22-/m0/s1. The lowest BCUT2D eigenvalue weighted by Crippen LogP contribution is -2.27. The molecule has 1 aliphatic rings. The third-order valence-electron chi connectivity index (χ3n) is 6.01. The van der Waals surface area contributed by atoms with Crippen molar-refractivity contribution in [3.8, 4) is 28.7 Å². The zero-order valence-corrected chi connectivity index (χ0v) is 20.7. The van der Waals surface area contributed by atoms with Crippen molar-refractivity contribution in [1.82, 2.24) is 5.01 Å². The van der Waals surface area contributed by atoms with Gasteiger partial charge in [0.1, 0.15) is 17.3 Å². The van der Waals surface area contributed by atoms with Crippen molar-refractivity contribution in [2.24, 2.45) is 5.10 Å². The van der Waals surface area contributed by atoms with Gasteiger partial charge < -0.3 is 23.7 Å². The van der Waals surface area contributed by atoms with Crippen molar-refractivity contribution in [2.45, 2.75) is 12.5 Å². The van der Waals surface area contributed by atoms with Crippen LogP contribution >= 0.6 is 0 Å². The van der Waals surface area contributed by atoms with Gasteiger partial charge in [0.15, 0.2) is 11.5 Å². The number of hydrogen-bond acceptors (Lipinski definition) is 7. The van der Waals surface area contributed by atoms with Gasteiger partial charge in [-0.25, -0.2) is 9.40 Å². The Hall–Kier alpha value is -4.27. The average molecular weight is 495 g/mol. The molecule has 0 aromatic heterocycles. The van der Waals surface area contributed by atoms with Crippen molar-refractivity contribution < 1.29 is 32.9 Å². The van der Waals surface area contributed by atoms with E-state index in [1.807, 2.05) is 6.07 Å². The van der Waals surface area contributed by atoms with Crippen LogP contribution in [0.2, 0.25) is 0 Å². The predicted octanol–water partition coefficient (Wildman–Crippen LogP) is 4.86. The van der Waals surface area contributed by atoms with E-state index in [0.717, 1.165) is 0 Å². The summed E-state index contributed by atoms with van der Waals surface area (Å²) in [6.45, 7) is 0. The van der Waals surface area contributed by atoms with Crippen molar-refractivity contribution in [3.05, 3.63) is 77.1 Å². The van der Waals surface area contributed by atoms with E-state index in [9.17, 15) is 9.18 Å². The first-order chi connectivity index (χ1) is 17.4. The van der Waals surface area contributed by atoms with Crippen molar-refractivity contribution >= 4 is 11.6 Å². The minimum absolute atomic E-state index is 0.248. The first-order valence-electron chi connectivity index (χ1n) is 11.1. The summed E-state index contributed by atoms with van der Waals surface area (Å²) in [5, 5.41) is 5.94. The minimum Gasteiger partial charge on any atom is -0.497 e. The van der Waals surface area contributed by atoms with Crippen LogP contribution in [0.5, 0.6) is 28.7 Å². The van der Waals surface area contributed by atoms with Crippen LogP contribution in [0.1, 0.15) is 33.9 Å². The Morgan fingerprint density at radius 3 is 2.11 bits per heavy atom. The molecule has 3 aromatic carbocycles. The van der Waals surface area contributed by atoms with Crippen LogP contribution in [-0.4, -0.2) is 52.2 Å². The molecule has 1 atom stereocenters. The molecule has 0 bridgehead atoms. The lowest BCUT2D eigenvalue weighted by molar-refractivity contribution is 0.0708. The van der Waals surface area contributed by atoms with E-state index in [-0.39, 0.29) is 12.0 Å². The van der Waals surface area contributed by atoms with E-state index in [1.54, 1.807) is 56.7 Å². The van der Waals surface area contributed by atoms with Crippen LogP contribution < -0.4 is 23.7 Å². The van der Waals surface area contributed by atoms with Crippen LogP contribution in [-0.2, 0) is 0 Å². The van der Waals surface area contributed by atoms with E-state index in [0.29, 0.717) is 45.6 Å². The number of carbonyl (C=O) groups excluding carboxylic acids is 1. The SMILES string of the molecule is COc1ccc(C2=NN(C(=O)c3cc(OC)c(OC)c(OC)c3)[C@H](c3ccccc3F)C2)c(OC)c1. The Bertz CT molecular complexity index is 1280. The molecule has 188 valence electrons. The molecule has 0 fully saturated rings. The second kappa shape index (κ2) is 10.6. The largest absolute Gasteiger partial charge is 0.497 e. The second-order valence-electron chi connectivity index (χ2n) is 7.92. The number of nitrogens with zero attached hydrogens (tertiary/aromatic N) is 2. The van der Waals surface area contributed by atoms with E-state index >= 15 is 0 Å². The molecule has 3 aromatic rings. The average Bonchev–Trinajstić information content (AvgIpc) is 3.36. The monoisotopic (exact) mass is 494 g/mol. The van der Waals surface area contributed by atoms with Crippen LogP contribution in [0.3, 0.4) is 0 Å². The highest BCUT2D eigenvalue weighted by Crippen LogP contribution is 2.41. The highest BCUT2D eigenvalue weighted by atomic mass is 19.1. The second-order valence-corrected chi connectivity index (χ2v) is 7.92. The van der Waals surface area contributed by atoms with Crippen molar-refractivity contribution in [3.63, 3.8) is 0 Å². The van der Waals surface area contributed by atoms with Crippen molar-refractivity contribution in [1.29, 1.82) is 0 Å². The van der Waals surface area contributed by atoms with Gasteiger partial charge in [0.05, 0.1) is 47.3 Å². The summed E-state index contributed by atoms with van der Waals surface area (Å²) in [7, 11) is 7.52. The number of benzene rings is 3. The molecule has 4 rings (SSSR count). The Morgan fingerprint density at radius 1 is 0.861 bits per heavy atom. The molecule has 1 heterocycles. The lowest BCUT2D eigenvalue weighted by atomic mass is 9.97. The third-order valence-corrected chi connectivity index (χ3v) is 6.01. The van der Waals surface area contributed by atoms with E-state index in [4.69, 9.17) is 23.7 Å². The number of carbonyl (C=O) groups is 1. The number of rotatable bonds is 8. The normalized spacial score (nSPS) is 14.8. The Labute approximate surface area is 208 Å². The molecule has 0 unspecified atom stereocenters. The molecule has 0 saturated carbocycles. The number of halogens is 1. The maximum atomic E-state index is 14.9. The van der Waals surface area contributed by atoms with E-state index in [1.165, 1.54) is 32.4 Å². The highest BCUT2D eigenvalue weighted by molar-refractivity contribution is 6.07. The van der Waals surface area contributed by atoms with Gasteiger partial charge >= 0.3 is 0 Å². The molecular formula is C27H27FN2O6. The molecule has 0 radical (unpaired) electrons. The summed E-state index contributed by atoms with van der Waals surface area (Å²) in [6, 6.07) is 14.1. The van der Waals surface area contributed by atoms with Gasteiger partial charge in [-0.3, -0.25) is 4.79 Å². The molecule has 8 nitrogen and oxygen atoms in total. The Balaban J connectivity index is 1.83. The van der Waals surface area contributed by atoms with Crippen molar-refractivity contribution in [2.75, 3.05) is 35.5 Å². The van der Waals surface area contributed by atoms with Crippen LogP contribution in [0.4, 0.5) is 4.39 Å². The summed E-state index contributed by atoms with van der Waals surface area (Å²) in [5.41, 5.74) is 1.85. The molecule has 1 amide bonds. The third kappa shape index (κ3) is 4.51. The van der Waals surface area contributed by atoms with Gasteiger partial charge in [0.25, 0.3) is 5.91 Å². The number of hydrogen-bond donors (Lipinski definition) is 0. The zero-order valence-electron chi connectivity index (χ0n) is 20.7. The molecule has 1 aliphatic heterocycles. The number of ether oxygens (including phenoxy) is 5. The molecule has 0 saturated heterocycles. The fourth-order valence-electron chi connectivity index (χ4n) is 4.22. The fourth-order valence-corrected chi connectivity index (χ4v) is 4.22. The minimum atomic E-state index is -0.681. The fraction of sp³-hybridized carbons (Fsp3) is 0.259. The number of hydrazone groups is 1. The molecular weight excluding hydrogens is 467 g/mol. The zero-order chi connectivity index (χ0) is 25.8. The lowest BCUT2D eigenvalue weighted by Gasteiger charge is -2.23. The summed E-state index contributed by atoms with van der Waals surface area (Å²) in [6.07, 6.45) is 0.278. The first-order valence-corrected chi connectivity index (χ1v) is 11.1. The Kier molecular flexibility index (Phi) is 7.28. The maximum absolute atomic E-state index is 14.9. The highest BCUT2D eigenvalue weighted by Gasteiger charge is 2.36. The van der Waals surface area contributed by atoms with Gasteiger partial charge in [0, 0.05) is 29.2 Å². The summed E-state index contributed by atoms with van der Waals surface area (Å²) in [5.74, 6) is 1.27. The molecule has 0 N–H and O–H groups in total. The van der Waals surface area contributed by atoms with E-state index < -0.39 is 17.8 Å². The predicted molar refractivity (Wildman–Crippen MR) is 132 cm³/mol. The topological polar surface area (TPSA) is 78.8 Å². The maximum Gasteiger partial charge on any atom is 0.274 e.